The summed E-state index contributed by atoms with van der Waals surface area (Å²) in [6, 6.07) is 0. The Labute approximate surface area is 138 Å². The molecule has 5 heteroatoms. The molecule has 0 aliphatic heterocycles. The molecule has 0 spiro atoms. The Balaban J connectivity index is 4.27. The molecule has 0 heterocycles. The number of ketones is 1. The summed E-state index contributed by atoms with van der Waals surface area (Å²) >= 11 is 0. The first kappa shape index (κ1) is 21.1. The second-order valence-electron chi connectivity index (χ2n) is 6.23. The quantitative estimate of drug-likeness (QED) is 0.445. The number of carbonyl (C=O) groups is 3. The van der Waals surface area contributed by atoms with Crippen LogP contribution in [0.15, 0.2) is 23.3 Å². The second-order valence-corrected chi connectivity index (χ2v) is 6.23. The molecule has 23 heavy (non-hydrogen) atoms. The van der Waals surface area contributed by atoms with E-state index in [0.717, 1.165) is 24.8 Å². The maximum atomic E-state index is 11.6. The largest absolute Gasteiger partial charge is 0.481 e. The monoisotopic (exact) mass is 324 g/mol. The van der Waals surface area contributed by atoms with Gasteiger partial charge in [0.2, 0.25) is 0 Å². The Morgan fingerprint density at radius 1 is 0.870 bits per heavy atom. The average molecular weight is 324 g/mol. The molecular weight excluding hydrogens is 296 g/mol. The van der Waals surface area contributed by atoms with Gasteiger partial charge in [-0.15, -0.1) is 0 Å². The summed E-state index contributed by atoms with van der Waals surface area (Å²) in [5.74, 6) is -3.67. The van der Waals surface area contributed by atoms with Gasteiger partial charge in [0.15, 0.2) is 5.92 Å². The summed E-state index contributed by atoms with van der Waals surface area (Å²) in [7, 11) is 0. The van der Waals surface area contributed by atoms with E-state index in [9.17, 15) is 14.4 Å². The van der Waals surface area contributed by atoms with Crippen LogP contribution in [-0.4, -0.2) is 27.9 Å². The second kappa shape index (κ2) is 10.8. The zero-order chi connectivity index (χ0) is 18.0. The van der Waals surface area contributed by atoms with Crippen LogP contribution in [0.2, 0.25) is 0 Å². The lowest BCUT2D eigenvalue weighted by atomic mass is 10.00. The third-order valence-electron chi connectivity index (χ3n) is 3.74. The number of allylic oxidation sites excluding steroid dienone is 4. The van der Waals surface area contributed by atoms with Gasteiger partial charge in [-0.3, -0.25) is 14.4 Å². The van der Waals surface area contributed by atoms with Crippen molar-refractivity contribution in [2.24, 2.45) is 11.8 Å². The number of hydrogen-bond donors (Lipinski definition) is 2. The molecule has 2 N–H and O–H groups in total. The van der Waals surface area contributed by atoms with Gasteiger partial charge in [-0.25, -0.2) is 0 Å². The highest BCUT2D eigenvalue weighted by Crippen LogP contribution is 2.14. The Kier molecular flexibility index (Phi) is 9.86. The van der Waals surface area contributed by atoms with E-state index in [1.165, 1.54) is 5.57 Å². The van der Waals surface area contributed by atoms with Crippen LogP contribution in [-0.2, 0) is 14.4 Å². The third-order valence-corrected chi connectivity index (χ3v) is 3.74. The minimum absolute atomic E-state index is 0.00207. The molecule has 0 aromatic rings. The summed E-state index contributed by atoms with van der Waals surface area (Å²) in [5.41, 5.74) is 2.14. The van der Waals surface area contributed by atoms with Crippen LogP contribution in [0.4, 0.5) is 0 Å². The number of carboxylic acid groups (broad SMARTS) is 2. The summed E-state index contributed by atoms with van der Waals surface area (Å²) in [6.45, 7) is 7.66. The first-order valence-corrected chi connectivity index (χ1v) is 7.94. The van der Waals surface area contributed by atoms with Crippen LogP contribution in [0.1, 0.15) is 59.8 Å². The number of aliphatic carboxylic acids is 2. The summed E-state index contributed by atoms with van der Waals surface area (Å²) in [4.78, 5) is 33.1. The van der Waals surface area contributed by atoms with Crippen molar-refractivity contribution in [2.45, 2.75) is 59.8 Å². The van der Waals surface area contributed by atoms with Crippen LogP contribution in [0.3, 0.4) is 0 Å². The fraction of sp³-hybridized carbons (Fsp3) is 0.611. The smallest absolute Gasteiger partial charge is 0.318 e. The fourth-order valence-corrected chi connectivity index (χ4v) is 1.99. The summed E-state index contributed by atoms with van der Waals surface area (Å²) in [6.07, 6.45) is 6.64. The lowest BCUT2D eigenvalue weighted by molar-refractivity contribution is -0.154. The molecule has 0 fully saturated rings. The van der Waals surface area contributed by atoms with Gasteiger partial charge in [-0.05, 0) is 39.5 Å². The number of carboxylic acids is 2. The van der Waals surface area contributed by atoms with Crippen molar-refractivity contribution in [3.8, 4) is 0 Å². The predicted molar refractivity (Wildman–Crippen MR) is 89.2 cm³/mol. The molecule has 5 nitrogen and oxygen atoms in total. The van der Waals surface area contributed by atoms with Crippen LogP contribution in [0.25, 0.3) is 0 Å². The average Bonchev–Trinajstić information content (AvgIpc) is 2.43. The van der Waals surface area contributed by atoms with E-state index in [2.05, 4.69) is 6.08 Å². The fourth-order valence-electron chi connectivity index (χ4n) is 1.99. The van der Waals surface area contributed by atoms with Gasteiger partial charge in [-0.2, -0.15) is 0 Å². The van der Waals surface area contributed by atoms with Gasteiger partial charge in [0.25, 0.3) is 0 Å². The molecule has 0 rings (SSSR count). The Morgan fingerprint density at radius 3 is 1.87 bits per heavy atom. The van der Waals surface area contributed by atoms with Gasteiger partial charge in [0.1, 0.15) is 5.78 Å². The van der Waals surface area contributed by atoms with Crippen molar-refractivity contribution < 1.29 is 24.6 Å². The first-order chi connectivity index (χ1) is 10.6. The van der Waals surface area contributed by atoms with Gasteiger partial charge >= 0.3 is 11.9 Å². The van der Waals surface area contributed by atoms with E-state index in [4.69, 9.17) is 10.2 Å². The first-order valence-electron chi connectivity index (χ1n) is 7.94. The van der Waals surface area contributed by atoms with Gasteiger partial charge < -0.3 is 10.2 Å². The van der Waals surface area contributed by atoms with Gasteiger partial charge in [0, 0.05) is 12.3 Å². The van der Waals surface area contributed by atoms with Crippen LogP contribution >= 0.6 is 0 Å². The van der Waals surface area contributed by atoms with Crippen LogP contribution < -0.4 is 0 Å². The van der Waals surface area contributed by atoms with Crippen molar-refractivity contribution in [3.63, 3.8) is 0 Å². The molecule has 0 aromatic heterocycles. The highest BCUT2D eigenvalue weighted by atomic mass is 16.4. The Morgan fingerprint density at radius 2 is 1.39 bits per heavy atom. The zero-order valence-corrected chi connectivity index (χ0v) is 14.5. The van der Waals surface area contributed by atoms with Gasteiger partial charge in [0.05, 0.1) is 0 Å². The molecule has 0 aliphatic carbocycles. The minimum atomic E-state index is -1.38. The van der Waals surface area contributed by atoms with E-state index in [0.29, 0.717) is 6.42 Å². The number of hydrogen-bond acceptors (Lipinski definition) is 3. The van der Waals surface area contributed by atoms with E-state index >= 15 is 0 Å². The van der Waals surface area contributed by atoms with Gasteiger partial charge in [-0.1, -0.05) is 37.1 Å². The highest BCUT2D eigenvalue weighted by Gasteiger charge is 2.24. The molecule has 0 aliphatic rings. The molecule has 0 atom stereocenters. The van der Waals surface area contributed by atoms with E-state index in [-0.39, 0.29) is 18.1 Å². The van der Waals surface area contributed by atoms with E-state index < -0.39 is 17.9 Å². The zero-order valence-electron chi connectivity index (χ0n) is 14.5. The molecule has 0 unspecified atom stereocenters. The topological polar surface area (TPSA) is 91.7 Å². The van der Waals surface area contributed by atoms with Crippen molar-refractivity contribution in [3.05, 3.63) is 23.3 Å². The van der Waals surface area contributed by atoms with Crippen LogP contribution in [0.5, 0.6) is 0 Å². The molecule has 0 saturated heterocycles. The van der Waals surface area contributed by atoms with Crippen molar-refractivity contribution in [1.82, 2.24) is 0 Å². The molecule has 0 amide bonds. The SMILES string of the molecule is CC(=CCC(C(=O)O)C(=O)O)CCC=C(C)CCC(=O)C(C)C. The highest BCUT2D eigenvalue weighted by molar-refractivity contribution is 5.93. The summed E-state index contributed by atoms with van der Waals surface area (Å²) < 4.78 is 0. The third kappa shape index (κ3) is 9.66. The number of rotatable bonds is 11. The lowest BCUT2D eigenvalue weighted by Gasteiger charge is -2.06. The normalized spacial score (nSPS) is 12.8. The lowest BCUT2D eigenvalue weighted by Crippen LogP contribution is -2.22. The van der Waals surface area contributed by atoms with Crippen molar-refractivity contribution >= 4 is 17.7 Å². The number of carbonyl (C=O) groups excluding carboxylic acids is 1. The molecule has 0 aromatic carbocycles. The molecular formula is C18H28O5. The molecule has 0 saturated carbocycles. The maximum Gasteiger partial charge on any atom is 0.318 e. The van der Waals surface area contributed by atoms with Crippen molar-refractivity contribution in [1.29, 1.82) is 0 Å². The number of Topliss-reactive ketones (excluding diaryl/α,β-unsaturated/α-hetero) is 1. The summed E-state index contributed by atoms with van der Waals surface area (Å²) in [5, 5.41) is 17.6. The molecule has 130 valence electrons. The Hall–Kier alpha value is -1.91. The standard InChI is InChI=1S/C18H28O5/c1-12(2)16(19)11-9-14(4)7-5-6-13(3)8-10-15(17(20)21)18(22)23/h7-8,12,15H,5-6,9-11H2,1-4H3,(H,20,21)(H,22,23). The van der Waals surface area contributed by atoms with Crippen molar-refractivity contribution in [2.75, 3.05) is 0 Å². The maximum absolute atomic E-state index is 11.6. The van der Waals surface area contributed by atoms with E-state index in [1.807, 2.05) is 27.7 Å². The predicted octanol–water partition coefficient (Wildman–Crippen LogP) is 3.84. The molecule has 0 radical (unpaired) electrons. The minimum Gasteiger partial charge on any atom is -0.481 e. The van der Waals surface area contributed by atoms with E-state index in [1.54, 1.807) is 6.08 Å². The Bertz CT molecular complexity index is 472. The molecule has 0 bridgehead atoms. The van der Waals surface area contributed by atoms with Crippen LogP contribution in [0, 0.1) is 11.8 Å².